The standard InChI is InChI=1S/C8H17N.Li.H/c1-3-9-7-5-4-6-8(9)2;;/h8H,3-7H2,1-2H3;;/q;+1;-1. The molecule has 56 valence electrons. The number of likely N-dealkylation sites (tertiary alicyclic amines) is 1. The monoisotopic (exact) mass is 135 g/mol. The van der Waals surface area contributed by atoms with E-state index in [9.17, 15) is 0 Å². The Bertz CT molecular complexity index is 90.2. The average molecular weight is 135 g/mol. The molecule has 2 heteroatoms. The quantitative estimate of drug-likeness (QED) is 0.417. The first kappa shape index (κ1) is 10.6. The van der Waals surface area contributed by atoms with Crippen LogP contribution in [0.3, 0.4) is 0 Å². The topological polar surface area (TPSA) is 3.24 Å². The molecular formula is C8H18LiN. The molecule has 0 aromatic heterocycles. The smallest absolute Gasteiger partial charge is 1.00 e. The first-order valence-corrected chi connectivity index (χ1v) is 4.08. The van der Waals surface area contributed by atoms with Gasteiger partial charge in [0.15, 0.2) is 0 Å². The van der Waals surface area contributed by atoms with E-state index in [0.29, 0.717) is 0 Å². The molecule has 0 aliphatic carbocycles. The first-order chi connectivity index (χ1) is 4.34. The molecule has 1 nitrogen and oxygen atoms in total. The molecular weight excluding hydrogens is 117 g/mol. The molecule has 0 N–H and O–H groups in total. The Balaban J connectivity index is 0. The van der Waals surface area contributed by atoms with Crippen molar-refractivity contribution in [3.8, 4) is 0 Å². The van der Waals surface area contributed by atoms with Gasteiger partial charge >= 0.3 is 18.9 Å². The zero-order chi connectivity index (χ0) is 6.69. The zero-order valence-electron chi connectivity index (χ0n) is 8.56. The number of hydrogen-bond donors (Lipinski definition) is 0. The molecule has 1 aliphatic rings. The summed E-state index contributed by atoms with van der Waals surface area (Å²) in [5.74, 6) is 0. The molecule has 1 heterocycles. The normalized spacial score (nSPS) is 27.6. The molecule has 1 atom stereocenters. The number of rotatable bonds is 1. The van der Waals surface area contributed by atoms with Crippen LogP contribution < -0.4 is 18.9 Å². The van der Waals surface area contributed by atoms with Gasteiger partial charge < -0.3 is 6.33 Å². The number of nitrogens with zero attached hydrogens (tertiary/aromatic N) is 1. The largest absolute Gasteiger partial charge is 1.00 e. The van der Waals surface area contributed by atoms with Gasteiger partial charge in [0.2, 0.25) is 0 Å². The molecule has 0 bridgehead atoms. The van der Waals surface area contributed by atoms with Crippen LogP contribution in [0, 0.1) is 0 Å². The van der Waals surface area contributed by atoms with E-state index < -0.39 is 0 Å². The maximum atomic E-state index is 2.56. The molecule has 1 fully saturated rings. The first-order valence-electron chi connectivity index (χ1n) is 4.08. The van der Waals surface area contributed by atoms with Crippen LogP contribution in [-0.4, -0.2) is 24.0 Å². The third kappa shape index (κ3) is 2.66. The summed E-state index contributed by atoms with van der Waals surface area (Å²) in [7, 11) is 0. The Morgan fingerprint density at radius 1 is 1.50 bits per heavy atom. The van der Waals surface area contributed by atoms with Gasteiger partial charge in [-0.3, -0.25) is 0 Å². The molecule has 0 saturated carbocycles. The van der Waals surface area contributed by atoms with E-state index >= 15 is 0 Å². The van der Waals surface area contributed by atoms with Gasteiger partial charge in [-0.05, 0) is 32.9 Å². The van der Waals surface area contributed by atoms with E-state index in [1.165, 1.54) is 32.4 Å². The van der Waals surface area contributed by atoms with Crippen molar-refractivity contribution in [3.63, 3.8) is 0 Å². The van der Waals surface area contributed by atoms with Crippen molar-refractivity contribution in [2.75, 3.05) is 13.1 Å². The summed E-state index contributed by atoms with van der Waals surface area (Å²) in [6.45, 7) is 7.16. The maximum absolute atomic E-state index is 2.56. The molecule has 0 amide bonds. The Hall–Kier alpha value is 0.557. The fourth-order valence-electron chi connectivity index (χ4n) is 1.63. The van der Waals surface area contributed by atoms with Crippen LogP contribution in [0.5, 0.6) is 0 Å². The van der Waals surface area contributed by atoms with Crippen molar-refractivity contribution in [2.45, 2.75) is 39.2 Å². The summed E-state index contributed by atoms with van der Waals surface area (Å²) in [4.78, 5) is 2.56. The van der Waals surface area contributed by atoms with Crippen molar-refractivity contribution in [2.24, 2.45) is 0 Å². The second-order valence-electron chi connectivity index (χ2n) is 2.97. The third-order valence-corrected chi connectivity index (χ3v) is 2.35. The minimum atomic E-state index is 0. The van der Waals surface area contributed by atoms with Gasteiger partial charge in [0, 0.05) is 6.04 Å². The van der Waals surface area contributed by atoms with Crippen LogP contribution in [0.1, 0.15) is 34.5 Å². The summed E-state index contributed by atoms with van der Waals surface area (Å²) >= 11 is 0. The van der Waals surface area contributed by atoms with Gasteiger partial charge in [0.1, 0.15) is 0 Å². The second kappa shape index (κ2) is 5.24. The SMILES string of the molecule is CCN1CCCCC1C.[H-].[Li+]. The summed E-state index contributed by atoms with van der Waals surface area (Å²) in [6, 6.07) is 0.851. The average Bonchev–Trinajstić information content (AvgIpc) is 1.89. The molecule has 1 unspecified atom stereocenters. The van der Waals surface area contributed by atoms with Crippen molar-refractivity contribution in [3.05, 3.63) is 0 Å². The van der Waals surface area contributed by atoms with Crippen molar-refractivity contribution in [1.82, 2.24) is 4.90 Å². The fourth-order valence-corrected chi connectivity index (χ4v) is 1.63. The number of piperidine rings is 1. The molecule has 0 aromatic rings. The summed E-state index contributed by atoms with van der Waals surface area (Å²) in [5.41, 5.74) is 0. The molecule has 1 rings (SSSR count). The second-order valence-corrected chi connectivity index (χ2v) is 2.97. The summed E-state index contributed by atoms with van der Waals surface area (Å²) in [6.07, 6.45) is 4.27. The molecule has 0 aromatic carbocycles. The molecule has 0 radical (unpaired) electrons. The number of hydrogen-bond acceptors (Lipinski definition) is 1. The van der Waals surface area contributed by atoms with Crippen LogP contribution in [0.15, 0.2) is 0 Å². The Labute approximate surface area is 77.8 Å². The molecule has 10 heavy (non-hydrogen) atoms. The van der Waals surface area contributed by atoms with Crippen molar-refractivity contribution >= 4 is 0 Å². The molecule has 1 aliphatic heterocycles. The third-order valence-electron chi connectivity index (χ3n) is 2.35. The van der Waals surface area contributed by atoms with E-state index in [0.717, 1.165) is 6.04 Å². The molecule has 1 saturated heterocycles. The summed E-state index contributed by atoms with van der Waals surface area (Å²) < 4.78 is 0. The van der Waals surface area contributed by atoms with Crippen molar-refractivity contribution in [1.29, 1.82) is 0 Å². The Morgan fingerprint density at radius 3 is 2.60 bits per heavy atom. The Kier molecular flexibility index (Phi) is 5.53. The summed E-state index contributed by atoms with van der Waals surface area (Å²) in [5, 5.41) is 0. The van der Waals surface area contributed by atoms with Gasteiger partial charge in [0.25, 0.3) is 0 Å². The Morgan fingerprint density at radius 2 is 2.20 bits per heavy atom. The van der Waals surface area contributed by atoms with E-state index in [1.54, 1.807) is 0 Å². The van der Waals surface area contributed by atoms with Crippen LogP contribution in [0.2, 0.25) is 0 Å². The van der Waals surface area contributed by atoms with Crippen LogP contribution in [-0.2, 0) is 0 Å². The van der Waals surface area contributed by atoms with Gasteiger partial charge in [0.05, 0.1) is 0 Å². The van der Waals surface area contributed by atoms with Crippen LogP contribution >= 0.6 is 0 Å². The van der Waals surface area contributed by atoms with Crippen LogP contribution in [0.4, 0.5) is 0 Å². The van der Waals surface area contributed by atoms with Gasteiger partial charge in [-0.1, -0.05) is 13.3 Å². The zero-order valence-corrected chi connectivity index (χ0v) is 7.56. The van der Waals surface area contributed by atoms with Crippen LogP contribution in [0.25, 0.3) is 0 Å². The van der Waals surface area contributed by atoms with Gasteiger partial charge in [-0.25, -0.2) is 0 Å². The molecule has 0 spiro atoms. The van der Waals surface area contributed by atoms with E-state index in [1.807, 2.05) is 0 Å². The van der Waals surface area contributed by atoms with E-state index in [-0.39, 0.29) is 20.3 Å². The minimum Gasteiger partial charge on any atom is -1.00 e. The minimum absolute atomic E-state index is 0. The fraction of sp³-hybridized carbons (Fsp3) is 1.00. The maximum Gasteiger partial charge on any atom is 1.00 e. The van der Waals surface area contributed by atoms with Crippen molar-refractivity contribution < 1.29 is 20.3 Å². The predicted octanol–water partition coefficient (Wildman–Crippen LogP) is -1.00. The van der Waals surface area contributed by atoms with Gasteiger partial charge in [-0.2, -0.15) is 0 Å². The van der Waals surface area contributed by atoms with E-state index in [2.05, 4.69) is 18.7 Å². The predicted molar refractivity (Wildman–Crippen MR) is 41.7 cm³/mol. The van der Waals surface area contributed by atoms with Gasteiger partial charge in [-0.15, -0.1) is 0 Å². The van der Waals surface area contributed by atoms with E-state index in [4.69, 9.17) is 0 Å².